The van der Waals surface area contributed by atoms with Crippen molar-refractivity contribution in [3.63, 3.8) is 0 Å². The van der Waals surface area contributed by atoms with Gasteiger partial charge >= 0.3 is 6.09 Å². The van der Waals surface area contributed by atoms with Gasteiger partial charge in [-0.2, -0.15) is 0 Å². The molecule has 0 saturated heterocycles. The molecule has 1 aromatic rings. The van der Waals surface area contributed by atoms with E-state index in [1.54, 1.807) is 45.0 Å². The van der Waals surface area contributed by atoms with Crippen LogP contribution in [0.5, 0.6) is 0 Å². The predicted molar refractivity (Wildman–Crippen MR) is 99.1 cm³/mol. The molecule has 0 radical (unpaired) electrons. The molecule has 2 rings (SSSR count). The van der Waals surface area contributed by atoms with Crippen molar-refractivity contribution in [1.29, 1.82) is 0 Å². The highest BCUT2D eigenvalue weighted by atomic mass is 16.6. The summed E-state index contributed by atoms with van der Waals surface area (Å²) < 4.78 is 4.58. The maximum Gasteiger partial charge on any atom is 0.405 e. The second-order valence-electron chi connectivity index (χ2n) is 7.06. The molecule has 0 unspecified atom stereocenters. The Morgan fingerprint density at radius 1 is 1.16 bits per heavy atom. The second kappa shape index (κ2) is 9.73. The van der Waals surface area contributed by atoms with Crippen LogP contribution >= 0.6 is 0 Å². The average Bonchev–Trinajstić information content (AvgIpc) is 2.54. The van der Waals surface area contributed by atoms with E-state index < -0.39 is 11.7 Å². The minimum atomic E-state index is -0.725. The molecular formula is C20H28N2O3. The average molecular weight is 344 g/mol. The van der Waals surface area contributed by atoms with E-state index in [4.69, 9.17) is 12.2 Å². The first-order chi connectivity index (χ1) is 11.7. The summed E-state index contributed by atoms with van der Waals surface area (Å²) in [6, 6.07) is 7.52. The molecule has 0 aromatic heterocycles. The van der Waals surface area contributed by atoms with Crippen LogP contribution in [0.1, 0.15) is 68.8 Å². The molecule has 0 spiro atoms. The number of benzene rings is 1. The summed E-state index contributed by atoms with van der Waals surface area (Å²) in [6.07, 6.45) is 10.5. The Balaban J connectivity index is 0.000000333. The van der Waals surface area contributed by atoms with Gasteiger partial charge < -0.3 is 15.8 Å². The molecule has 1 saturated carbocycles. The van der Waals surface area contributed by atoms with Crippen LogP contribution in [0.3, 0.4) is 0 Å². The van der Waals surface area contributed by atoms with Gasteiger partial charge in [0.2, 0.25) is 0 Å². The van der Waals surface area contributed by atoms with Gasteiger partial charge in [-0.05, 0) is 57.9 Å². The zero-order valence-electron chi connectivity index (χ0n) is 15.3. The molecule has 3 N–H and O–H groups in total. The summed E-state index contributed by atoms with van der Waals surface area (Å²) in [6.45, 7) is 5.28. The summed E-state index contributed by atoms with van der Waals surface area (Å²) in [5.74, 6) is 2.56. The first-order valence-electron chi connectivity index (χ1n) is 8.57. The number of rotatable bonds is 2. The number of hydrogen-bond donors (Lipinski definition) is 2. The van der Waals surface area contributed by atoms with Crippen LogP contribution in [-0.4, -0.2) is 23.6 Å². The number of carbonyl (C=O) groups excluding carboxylic acids is 2. The van der Waals surface area contributed by atoms with E-state index in [0.717, 1.165) is 18.4 Å². The molecule has 1 fully saturated rings. The molecule has 25 heavy (non-hydrogen) atoms. The van der Waals surface area contributed by atoms with Gasteiger partial charge in [-0.15, -0.1) is 6.42 Å². The lowest BCUT2D eigenvalue weighted by atomic mass is 9.95. The van der Waals surface area contributed by atoms with Crippen LogP contribution in [0.25, 0.3) is 0 Å². The first-order valence-corrected chi connectivity index (χ1v) is 8.57. The van der Waals surface area contributed by atoms with E-state index in [1.807, 2.05) is 0 Å². The number of hydrogen-bond acceptors (Lipinski definition) is 3. The number of carbonyl (C=O) groups is 2. The minimum absolute atomic E-state index is 0.0143. The zero-order chi connectivity index (χ0) is 18.9. The van der Waals surface area contributed by atoms with Crippen LogP contribution in [0.15, 0.2) is 24.3 Å². The SMILES string of the molecule is C#Cc1ccc(C(=O)NC2CCCCC2)cc1.CC(C)(C)OC(N)=O. The zero-order valence-corrected chi connectivity index (χ0v) is 15.3. The van der Waals surface area contributed by atoms with Crippen molar-refractivity contribution in [2.45, 2.75) is 64.5 Å². The fourth-order valence-corrected chi connectivity index (χ4v) is 2.54. The molecule has 1 aliphatic rings. The van der Waals surface area contributed by atoms with Crippen LogP contribution in [-0.2, 0) is 4.74 Å². The van der Waals surface area contributed by atoms with Crippen molar-refractivity contribution in [2.24, 2.45) is 5.73 Å². The van der Waals surface area contributed by atoms with E-state index in [-0.39, 0.29) is 5.91 Å². The van der Waals surface area contributed by atoms with Crippen LogP contribution in [0.4, 0.5) is 4.79 Å². The summed E-state index contributed by atoms with van der Waals surface area (Å²) >= 11 is 0. The number of terminal acetylenes is 1. The normalized spacial score (nSPS) is 14.5. The van der Waals surface area contributed by atoms with E-state index in [0.29, 0.717) is 11.6 Å². The third-order valence-electron chi connectivity index (χ3n) is 3.66. The Morgan fingerprint density at radius 3 is 2.12 bits per heavy atom. The summed E-state index contributed by atoms with van der Waals surface area (Å²) in [7, 11) is 0. The van der Waals surface area contributed by atoms with E-state index in [9.17, 15) is 9.59 Å². The number of nitrogens with two attached hydrogens (primary N) is 1. The molecule has 0 bridgehead atoms. The highest BCUT2D eigenvalue weighted by Crippen LogP contribution is 2.17. The van der Waals surface area contributed by atoms with Gasteiger partial charge in [0.05, 0.1) is 0 Å². The van der Waals surface area contributed by atoms with E-state index in [1.165, 1.54) is 19.3 Å². The molecule has 0 aliphatic heterocycles. The molecule has 0 atom stereocenters. The molecule has 1 aromatic carbocycles. The quantitative estimate of drug-likeness (QED) is 0.804. The monoisotopic (exact) mass is 344 g/mol. The third-order valence-corrected chi connectivity index (χ3v) is 3.66. The molecular weight excluding hydrogens is 316 g/mol. The van der Waals surface area contributed by atoms with Crippen molar-refractivity contribution in [3.05, 3.63) is 35.4 Å². The topological polar surface area (TPSA) is 81.4 Å². The summed E-state index contributed by atoms with van der Waals surface area (Å²) in [5, 5.41) is 3.08. The third kappa shape index (κ3) is 8.80. The smallest absolute Gasteiger partial charge is 0.405 e. The van der Waals surface area contributed by atoms with E-state index in [2.05, 4.69) is 16.0 Å². The highest BCUT2D eigenvalue weighted by Gasteiger charge is 2.16. The standard InChI is InChI=1S/C15H17NO.C5H11NO2/c1-2-12-8-10-13(11-9-12)15(17)16-14-6-4-3-5-7-14;1-5(2,3)8-4(6)7/h1,8-11,14H,3-7H2,(H,16,17);1-3H3,(H2,6,7). The summed E-state index contributed by atoms with van der Waals surface area (Å²) in [4.78, 5) is 22.0. The van der Waals surface area contributed by atoms with Gasteiger partial charge in [-0.1, -0.05) is 25.2 Å². The van der Waals surface area contributed by atoms with Gasteiger partial charge in [-0.3, -0.25) is 4.79 Å². The Kier molecular flexibility index (Phi) is 8.00. The predicted octanol–water partition coefficient (Wildman–Crippen LogP) is 3.61. The Labute approximate surface area is 150 Å². The van der Waals surface area contributed by atoms with Crippen molar-refractivity contribution < 1.29 is 14.3 Å². The fraction of sp³-hybridized carbons (Fsp3) is 0.500. The maximum absolute atomic E-state index is 11.9. The van der Waals surface area contributed by atoms with E-state index >= 15 is 0 Å². The van der Waals surface area contributed by atoms with Crippen LogP contribution in [0, 0.1) is 12.3 Å². The largest absolute Gasteiger partial charge is 0.444 e. The maximum atomic E-state index is 11.9. The Morgan fingerprint density at radius 2 is 1.72 bits per heavy atom. The second-order valence-corrected chi connectivity index (χ2v) is 7.06. The van der Waals surface area contributed by atoms with Gasteiger partial charge in [-0.25, -0.2) is 4.79 Å². The van der Waals surface area contributed by atoms with Crippen molar-refractivity contribution in [1.82, 2.24) is 5.32 Å². The molecule has 2 amide bonds. The molecule has 5 nitrogen and oxygen atoms in total. The fourth-order valence-electron chi connectivity index (χ4n) is 2.54. The number of ether oxygens (including phenoxy) is 1. The van der Waals surface area contributed by atoms with Gasteiger partial charge in [0.15, 0.2) is 0 Å². The van der Waals surface area contributed by atoms with Gasteiger partial charge in [0.1, 0.15) is 5.60 Å². The molecule has 5 heteroatoms. The van der Waals surface area contributed by atoms with Gasteiger partial charge in [0, 0.05) is 17.2 Å². The number of amides is 2. The lowest BCUT2D eigenvalue weighted by molar-refractivity contribution is 0.0599. The number of nitrogens with one attached hydrogen (secondary N) is 1. The van der Waals surface area contributed by atoms with Crippen molar-refractivity contribution in [2.75, 3.05) is 0 Å². The molecule has 136 valence electrons. The minimum Gasteiger partial charge on any atom is -0.444 e. The highest BCUT2D eigenvalue weighted by molar-refractivity contribution is 5.94. The Bertz CT molecular complexity index is 603. The summed E-state index contributed by atoms with van der Waals surface area (Å²) in [5.41, 5.74) is 5.76. The van der Waals surface area contributed by atoms with Crippen molar-refractivity contribution >= 4 is 12.0 Å². The molecule has 1 aliphatic carbocycles. The van der Waals surface area contributed by atoms with Crippen LogP contribution in [0.2, 0.25) is 0 Å². The molecule has 0 heterocycles. The lowest BCUT2D eigenvalue weighted by Gasteiger charge is -2.22. The van der Waals surface area contributed by atoms with Gasteiger partial charge in [0.25, 0.3) is 5.91 Å². The lowest BCUT2D eigenvalue weighted by Crippen LogP contribution is -2.36. The first kappa shape index (κ1) is 20.6. The number of primary amides is 1. The van der Waals surface area contributed by atoms with Crippen LogP contribution < -0.4 is 11.1 Å². The Hall–Kier alpha value is -2.48. The van der Waals surface area contributed by atoms with Crippen molar-refractivity contribution in [3.8, 4) is 12.3 Å².